The van der Waals surface area contributed by atoms with E-state index in [1.54, 1.807) is 0 Å². The molecule has 0 spiro atoms. The molecule has 0 unspecified atom stereocenters. The van der Waals surface area contributed by atoms with Crippen LogP contribution in [0.1, 0.15) is 0 Å². The number of para-hydroxylation sites is 3. The second kappa shape index (κ2) is 11.4. The average Bonchev–Trinajstić information content (AvgIpc) is 3.74. The van der Waals surface area contributed by atoms with Crippen molar-refractivity contribution >= 4 is 65.6 Å². The molecule has 4 heteroatoms. The van der Waals surface area contributed by atoms with E-state index in [2.05, 4.69) is 143 Å². The van der Waals surface area contributed by atoms with Crippen LogP contribution in [-0.2, 0) is 0 Å². The minimum atomic E-state index is -0.0360. The fourth-order valence-corrected chi connectivity index (χ4v) is 8.37. The van der Waals surface area contributed by atoms with Crippen LogP contribution in [0.3, 0.4) is 0 Å². The largest absolute Gasteiger partial charge is 0.456 e. The quantitative estimate of drug-likeness (QED) is 0.174. The van der Waals surface area contributed by atoms with Gasteiger partial charge in [-0.3, -0.25) is 4.79 Å². The van der Waals surface area contributed by atoms with Gasteiger partial charge in [-0.15, -0.1) is 0 Å². The Bertz CT molecular complexity index is 3280. The molecule has 0 atom stereocenters. The Labute approximate surface area is 304 Å². The second-order valence-electron chi connectivity index (χ2n) is 13.6. The number of hydrogen-bond donors (Lipinski definition) is 0. The summed E-state index contributed by atoms with van der Waals surface area (Å²) < 4.78 is 11.3. The Balaban J connectivity index is 1.14. The number of aromatic nitrogens is 2. The monoisotopic (exact) mass is 678 g/mol. The van der Waals surface area contributed by atoms with E-state index in [4.69, 9.17) is 4.42 Å². The molecular weight excluding hydrogens is 649 g/mol. The lowest BCUT2D eigenvalue weighted by molar-refractivity contribution is 0.660. The van der Waals surface area contributed by atoms with Crippen LogP contribution in [0.15, 0.2) is 191 Å². The highest BCUT2D eigenvalue weighted by Crippen LogP contribution is 2.42. The van der Waals surface area contributed by atoms with Crippen LogP contribution in [0, 0.1) is 0 Å². The van der Waals surface area contributed by atoms with Crippen molar-refractivity contribution in [3.63, 3.8) is 0 Å². The number of fused-ring (bicyclic) bond motifs is 9. The maximum atomic E-state index is 14.4. The molecule has 11 aromatic rings. The maximum absolute atomic E-state index is 14.4. The van der Waals surface area contributed by atoms with Crippen molar-refractivity contribution in [3.8, 4) is 33.6 Å². The molecule has 3 heterocycles. The molecule has 11 rings (SSSR count). The van der Waals surface area contributed by atoms with Gasteiger partial charge in [0.1, 0.15) is 11.2 Å². The van der Waals surface area contributed by atoms with Crippen LogP contribution >= 0.6 is 0 Å². The van der Waals surface area contributed by atoms with Crippen LogP contribution < -0.4 is 5.43 Å². The highest BCUT2D eigenvalue weighted by molar-refractivity contribution is 6.26. The fraction of sp³-hybridized carbons (Fsp3) is 0. The van der Waals surface area contributed by atoms with Crippen molar-refractivity contribution in [2.24, 2.45) is 0 Å². The van der Waals surface area contributed by atoms with E-state index in [0.29, 0.717) is 21.9 Å². The van der Waals surface area contributed by atoms with E-state index in [1.165, 1.54) is 21.5 Å². The van der Waals surface area contributed by atoms with Gasteiger partial charge in [0.2, 0.25) is 5.43 Å². The van der Waals surface area contributed by atoms with E-state index in [0.717, 1.165) is 55.7 Å². The van der Waals surface area contributed by atoms with Crippen LogP contribution in [0.5, 0.6) is 0 Å². The predicted octanol–water partition coefficient (Wildman–Crippen LogP) is 12.5. The molecule has 4 nitrogen and oxygen atoms in total. The van der Waals surface area contributed by atoms with Gasteiger partial charge in [-0.2, -0.15) is 0 Å². The van der Waals surface area contributed by atoms with Crippen molar-refractivity contribution in [2.75, 3.05) is 0 Å². The van der Waals surface area contributed by atoms with Gasteiger partial charge >= 0.3 is 0 Å². The van der Waals surface area contributed by atoms with E-state index in [1.807, 2.05) is 48.5 Å². The van der Waals surface area contributed by atoms with Gasteiger partial charge in [0.15, 0.2) is 0 Å². The first kappa shape index (κ1) is 29.5. The first-order valence-electron chi connectivity index (χ1n) is 17.9. The zero-order valence-electron chi connectivity index (χ0n) is 28.5. The number of hydrogen-bond acceptors (Lipinski definition) is 2. The van der Waals surface area contributed by atoms with Crippen molar-refractivity contribution in [1.29, 1.82) is 0 Å². The Hall–Kier alpha value is -7.17. The Morgan fingerprint density at radius 1 is 0.377 bits per heavy atom. The van der Waals surface area contributed by atoms with Gasteiger partial charge in [0, 0.05) is 39.0 Å². The maximum Gasteiger partial charge on any atom is 0.201 e. The molecule has 0 N–H and O–H groups in total. The molecule has 0 amide bonds. The van der Waals surface area contributed by atoms with Crippen molar-refractivity contribution in [1.82, 2.24) is 9.13 Å². The summed E-state index contributed by atoms with van der Waals surface area (Å²) in [6.07, 6.45) is 0. The molecule has 0 saturated carbocycles. The number of rotatable bonds is 4. The highest BCUT2D eigenvalue weighted by Gasteiger charge is 2.21. The topological polar surface area (TPSA) is 40.1 Å². The van der Waals surface area contributed by atoms with E-state index < -0.39 is 0 Å². The fourth-order valence-electron chi connectivity index (χ4n) is 8.37. The van der Waals surface area contributed by atoms with Crippen molar-refractivity contribution < 1.29 is 4.42 Å². The molecule has 0 aliphatic carbocycles. The molecule has 0 fully saturated rings. The molecule has 8 aromatic carbocycles. The summed E-state index contributed by atoms with van der Waals surface area (Å²) in [7, 11) is 0. The summed E-state index contributed by atoms with van der Waals surface area (Å²) in [4.78, 5) is 14.4. The third kappa shape index (κ3) is 4.39. The average molecular weight is 679 g/mol. The van der Waals surface area contributed by atoms with Gasteiger partial charge in [0.25, 0.3) is 0 Å². The summed E-state index contributed by atoms with van der Waals surface area (Å²) in [6.45, 7) is 0. The minimum Gasteiger partial charge on any atom is -0.456 e. The molecule has 0 aliphatic heterocycles. The molecule has 0 saturated heterocycles. The highest BCUT2D eigenvalue weighted by atomic mass is 16.3. The molecule has 3 aromatic heterocycles. The van der Waals surface area contributed by atoms with Gasteiger partial charge < -0.3 is 13.6 Å². The lowest BCUT2D eigenvalue weighted by Crippen LogP contribution is -2.05. The lowest BCUT2D eigenvalue weighted by Gasteiger charge is -2.12. The van der Waals surface area contributed by atoms with Gasteiger partial charge in [-0.05, 0) is 70.8 Å². The van der Waals surface area contributed by atoms with Crippen LogP contribution in [-0.4, -0.2) is 9.13 Å². The summed E-state index contributed by atoms with van der Waals surface area (Å²) >= 11 is 0. The lowest BCUT2D eigenvalue weighted by atomic mass is 9.97. The number of nitrogens with zero attached hydrogens (tertiary/aromatic N) is 2. The zero-order valence-corrected chi connectivity index (χ0v) is 28.5. The van der Waals surface area contributed by atoms with Gasteiger partial charge in [0.05, 0.1) is 32.8 Å². The number of benzene rings is 8. The standard InChI is InChI=1S/C49H30N2O2/c52-49-40-27-26-35(30-45(40)53-44-21-11-18-36(47(44)49)33-24-22-32(23-25-33)31-12-3-1-4-13-31)51-41-19-9-7-16-37(41)38-28-29-43-46(48(38)51)39-17-8-10-20-42(39)50(43)34-14-5-2-6-15-34/h1-30H. The van der Waals surface area contributed by atoms with Gasteiger partial charge in [-0.1, -0.05) is 127 Å². The van der Waals surface area contributed by atoms with Gasteiger partial charge in [-0.25, -0.2) is 0 Å². The van der Waals surface area contributed by atoms with Crippen LogP contribution in [0.2, 0.25) is 0 Å². The second-order valence-corrected chi connectivity index (χ2v) is 13.6. The molecule has 0 aliphatic rings. The van der Waals surface area contributed by atoms with E-state index >= 15 is 0 Å². The summed E-state index contributed by atoms with van der Waals surface area (Å²) in [5.74, 6) is 0. The van der Waals surface area contributed by atoms with Crippen LogP contribution in [0.4, 0.5) is 0 Å². The predicted molar refractivity (Wildman–Crippen MR) is 220 cm³/mol. The van der Waals surface area contributed by atoms with E-state index in [-0.39, 0.29) is 5.43 Å². The Kier molecular flexibility index (Phi) is 6.37. The van der Waals surface area contributed by atoms with Crippen LogP contribution in [0.25, 0.3) is 99.2 Å². The molecule has 53 heavy (non-hydrogen) atoms. The molecule has 0 bridgehead atoms. The Morgan fingerprint density at radius 3 is 1.81 bits per heavy atom. The molecule has 0 radical (unpaired) electrons. The first-order valence-corrected chi connectivity index (χ1v) is 17.9. The third-order valence-corrected chi connectivity index (χ3v) is 10.7. The van der Waals surface area contributed by atoms with E-state index in [9.17, 15) is 4.79 Å². The smallest absolute Gasteiger partial charge is 0.201 e. The normalized spacial score (nSPS) is 11.8. The summed E-state index contributed by atoms with van der Waals surface area (Å²) in [5.41, 5.74) is 11.8. The summed E-state index contributed by atoms with van der Waals surface area (Å²) in [5, 5.41) is 5.86. The molecular formula is C49H30N2O2. The molecule has 248 valence electrons. The first-order chi connectivity index (χ1) is 26.2. The summed E-state index contributed by atoms with van der Waals surface area (Å²) in [6, 6.07) is 62.8. The van der Waals surface area contributed by atoms with Crippen molar-refractivity contribution in [2.45, 2.75) is 0 Å². The Morgan fingerprint density at radius 2 is 1.02 bits per heavy atom. The van der Waals surface area contributed by atoms with Crippen molar-refractivity contribution in [3.05, 3.63) is 192 Å². The SMILES string of the molecule is O=c1c2ccc(-n3c4ccccc4c4ccc5c(c6ccccc6n5-c5ccccc5)c43)cc2oc2cccc(-c3ccc(-c4ccccc4)cc3)c12. The third-order valence-electron chi connectivity index (χ3n) is 10.7. The zero-order chi connectivity index (χ0) is 35.0. The minimum absolute atomic E-state index is 0.0360.